The minimum atomic E-state index is 0. The monoisotopic (exact) mass is 390 g/mol. The Labute approximate surface area is 159 Å². The zero-order chi connectivity index (χ0) is 17.4. The molecule has 0 spiro atoms. The third kappa shape index (κ3) is 6.49. The molecule has 1 unspecified atom stereocenters. The van der Waals surface area contributed by atoms with Crippen molar-refractivity contribution >= 4 is 30.1 Å². The third-order valence-corrected chi connectivity index (χ3v) is 5.08. The number of rotatable bonds is 8. The minimum absolute atomic E-state index is 0. The first kappa shape index (κ1) is 21.7. The molecule has 1 fully saturated rings. The molecule has 0 aliphatic carbocycles. The summed E-state index contributed by atoms with van der Waals surface area (Å²) in [6, 6.07) is 3.92. The van der Waals surface area contributed by atoms with Crippen LogP contribution in [0.4, 0.5) is 0 Å². The summed E-state index contributed by atoms with van der Waals surface area (Å²) in [5.41, 5.74) is 0.924. The van der Waals surface area contributed by atoms with Crippen molar-refractivity contribution in [2.75, 3.05) is 45.9 Å². The SMILES string of the molecule is COc1cc(OC)c(CCNC(=O)CC2CSCCN2)c(OC)c1.Cl. The van der Waals surface area contributed by atoms with Gasteiger partial charge in [0.15, 0.2) is 0 Å². The molecule has 8 heteroatoms. The number of carbonyl (C=O) groups excluding carboxylic acids is 1. The molecule has 0 aromatic heterocycles. The summed E-state index contributed by atoms with van der Waals surface area (Å²) in [6.07, 6.45) is 1.15. The quantitative estimate of drug-likeness (QED) is 0.706. The number of carbonyl (C=O) groups is 1. The summed E-state index contributed by atoms with van der Waals surface area (Å²) in [7, 11) is 4.83. The van der Waals surface area contributed by atoms with E-state index in [-0.39, 0.29) is 24.4 Å². The molecular formula is C17H27ClN2O4S. The summed E-state index contributed by atoms with van der Waals surface area (Å²) in [6.45, 7) is 1.51. The minimum Gasteiger partial charge on any atom is -0.496 e. The summed E-state index contributed by atoms with van der Waals surface area (Å²) < 4.78 is 16.1. The van der Waals surface area contributed by atoms with E-state index < -0.39 is 0 Å². The van der Waals surface area contributed by atoms with Gasteiger partial charge < -0.3 is 24.8 Å². The predicted molar refractivity (Wildman–Crippen MR) is 104 cm³/mol. The van der Waals surface area contributed by atoms with Gasteiger partial charge in [-0.1, -0.05) is 0 Å². The van der Waals surface area contributed by atoms with Crippen molar-refractivity contribution in [2.45, 2.75) is 18.9 Å². The molecule has 1 atom stereocenters. The second-order valence-electron chi connectivity index (χ2n) is 5.54. The van der Waals surface area contributed by atoms with Crippen molar-refractivity contribution in [3.05, 3.63) is 17.7 Å². The lowest BCUT2D eigenvalue weighted by molar-refractivity contribution is -0.121. The molecule has 1 aliphatic rings. The highest BCUT2D eigenvalue weighted by Crippen LogP contribution is 2.34. The first-order chi connectivity index (χ1) is 11.7. The first-order valence-corrected chi connectivity index (χ1v) is 9.20. The number of hydrogen-bond acceptors (Lipinski definition) is 6. The van der Waals surface area contributed by atoms with Crippen LogP contribution < -0.4 is 24.8 Å². The Morgan fingerprint density at radius 3 is 2.44 bits per heavy atom. The van der Waals surface area contributed by atoms with Gasteiger partial charge in [-0.3, -0.25) is 4.79 Å². The van der Waals surface area contributed by atoms with Crippen LogP contribution in [-0.4, -0.2) is 57.9 Å². The Morgan fingerprint density at radius 2 is 1.92 bits per heavy atom. The topological polar surface area (TPSA) is 68.8 Å². The highest BCUT2D eigenvalue weighted by Gasteiger charge is 2.17. The van der Waals surface area contributed by atoms with Gasteiger partial charge in [-0.05, 0) is 6.42 Å². The van der Waals surface area contributed by atoms with Crippen LogP contribution in [-0.2, 0) is 11.2 Å². The molecule has 2 N–H and O–H groups in total. The fourth-order valence-corrected chi connectivity index (χ4v) is 3.65. The van der Waals surface area contributed by atoms with Gasteiger partial charge in [-0.2, -0.15) is 11.8 Å². The molecule has 0 saturated carbocycles. The predicted octanol–water partition coefficient (Wildman–Crippen LogP) is 1.89. The van der Waals surface area contributed by atoms with Crippen LogP contribution in [0.3, 0.4) is 0 Å². The lowest BCUT2D eigenvalue weighted by Gasteiger charge is -2.22. The number of ether oxygens (including phenoxy) is 3. The molecule has 142 valence electrons. The fraction of sp³-hybridized carbons (Fsp3) is 0.588. The Bertz CT molecular complexity index is 528. The lowest BCUT2D eigenvalue weighted by atomic mass is 10.1. The third-order valence-electron chi connectivity index (χ3n) is 3.94. The van der Waals surface area contributed by atoms with E-state index in [1.807, 2.05) is 23.9 Å². The normalized spacial score (nSPS) is 16.5. The number of benzene rings is 1. The smallest absolute Gasteiger partial charge is 0.221 e. The van der Waals surface area contributed by atoms with Crippen molar-refractivity contribution in [3.8, 4) is 17.2 Å². The van der Waals surface area contributed by atoms with Gasteiger partial charge in [0.25, 0.3) is 0 Å². The van der Waals surface area contributed by atoms with E-state index in [1.54, 1.807) is 21.3 Å². The van der Waals surface area contributed by atoms with Crippen molar-refractivity contribution in [2.24, 2.45) is 0 Å². The molecule has 2 rings (SSSR count). The average molecular weight is 391 g/mol. The van der Waals surface area contributed by atoms with Crippen molar-refractivity contribution in [1.82, 2.24) is 10.6 Å². The lowest BCUT2D eigenvalue weighted by Crippen LogP contribution is -2.41. The zero-order valence-electron chi connectivity index (χ0n) is 14.9. The van der Waals surface area contributed by atoms with Crippen LogP contribution >= 0.6 is 24.2 Å². The largest absolute Gasteiger partial charge is 0.496 e. The summed E-state index contributed by atoms with van der Waals surface area (Å²) >= 11 is 1.89. The van der Waals surface area contributed by atoms with Gasteiger partial charge in [0.2, 0.25) is 5.91 Å². The second-order valence-corrected chi connectivity index (χ2v) is 6.69. The number of halogens is 1. The van der Waals surface area contributed by atoms with Crippen molar-refractivity contribution in [1.29, 1.82) is 0 Å². The molecule has 1 aromatic carbocycles. The molecule has 0 radical (unpaired) electrons. The van der Waals surface area contributed by atoms with Crippen molar-refractivity contribution in [3.63, 3.8) is 0 Å². The van der Waals surface area contributed by atoms with Crippen LogP contribution in [0.25, 0.3) is 0 Å². The molecule has 1 aliphatic heterocycles. The maximum absolute atomic E-state index is 12.1. The Balaban J connectivity index is 0.00000312. The number of methoxy groups -OCH3 is 3. The summed E-state index contributed by atoms with van der Waals surface area (Å²) in [4.78, 5) is 12.1. The van der Waals surface area contributed by atoms with E-state index in [1.165, 1.54) is 0 Å². The summed E-state index contributed by atoms with van der Waals surface area (Å²) in [5, 5.41) is 6.35. The van der Waals surface area contributed by atoms with Crippen LogP contribution in [0.15, 0.2) is 12.1 Å². The molecule has 1 saturated heterocycles. The van der Waals surface area contributed by atoms with E-state index in [2.05, 4.69) is 10.6 Å². The van der Waals surface area contributed by atoms with Crippen LogP contribution in [0.1, 0.15) is 12.0 Å². The Morgan fingerprint density at radius 1 is 1.24 bits per heavy atom. The van der Waals surface area contributed by atoms with Gasteiger partial charge in [0.1, 0.15) is 17.2 Å². The van der Waals surface area contributed by atoms with Crippen molar-refractivity contribution < 1.29 is 19.0 Å². The molecule has 1 heterocycles. The van der Waals surface area contributed by atoms with Gasteiger partial charge in [0.05, 0.1) is 21.3 Å². The Kier molecular flexibility index (Phi) is 9.85. The molecular weight excluding hydrogens is 364 g/mol. The van der Waals surface area contributed by atoms with E-state index >= 15 is 0 Å². The number of hydrogen-bond donors (Lipinski definition) is 2. The highest BCUT2D eigenvalue weighted by molar-refractivity contribution is 7.99. The molecule has 1 aromatic rings. The highest BCUT2D eigenvalue weighted by atomic mass is 35.5. The number of nitrogens with one attached hydrogen (secondary N) is 2. The van der Waals surface area contributed by atoms with Gasteiger partial charge in [-0.15, -0.1) is 12.4 Å². The Hall–Kier alpha value is -1.31. The van der Waals surface area contributed by atoms with Crippen LogP contribution in [0, 0.1) is 0 Å². The zero-order valence-corrected chi connectivity index (χ0v) is 16.6. The van der Waals surface area contributed by atoms with Crippen LogP contribution in [0.5, 0.6) is 17.2 Å². The second kappa shape index (κ2) is 11.3. The fourth-order valence-electron chi connectivity index (χ4n) is 2.70. The molecule has 0 bridgehead atoms. The number of thioether (sulfide) groups is 1. The van der Waals surface area contributed by atoms with E-state index in [0.29, 0.717) is 36.6 Å². The molecule has 1 amide bonds. The number of amides is 1. The standard InChI is InChI=1S/C17H26N2O4S.ClH/c1-21-13-9-15(22-2)14(16(10-13)23-3)4-5-19-17(20)8-12-11-24-7-6-18-12;/h9-10,12,18H,4-8,11H2,1-3H3,(H,19,20);1H. The van der Waals surface area contributed by atoms with Crippen LogP contribution in [0.2, 0.25) is 0 Å². The van der Waals surface area contributed by atoms with Gasteiger partial charge >= 0.3 is 0 Å². The molecule has 25 heavy (non-hydrogen) atoms. The van der Waals surface area contributed by atoms with E-state index in [0.717, 1.165) is 23.6 Å². The van der Waals surface area contributed by atoms with Gasteiger partial charge in [-0.25, -0.2) is 0 Å². The van der Waals surface area contributed by atoms with E-state index in [9.17, 15) is 4.79 Å². The maximum atomic E-state index is 12.1. The molecule has 6 nitrogen and oxygen atoms in total. The van der Waals surface area contributed by atoms with Gasteiger partial charge in [0, 0.05) is 54.8 Å². The summed E-state index contributed by atoms with van der Waals surface area (Å²) in [5.74, 6) is 4.26. The maximum Gasteiger partial charge on any atom is 0.221 e. The first-order valence-electron chi connectivity index (χ1n) is 8.04. The average Bonchev–Trinajstić information content (AvgIpc) is 2.62. The van der Waals surface area contributed by atoms with E-state index in [4.69, 9.17) is 14.2 Å².